The summed E-state index contributed by atoms with van der Waals surface area (Å²) in [6, 6.07) is 17.6. The number of esters is 4. The number of ether oxygens (including phenoxy) is 8. The fourth-order valence-electron chi connectivity index (χ4n) is 13.7. The zero-order valence-electron chi connectivity index (χ0n) is 68.6. The number of hydrogen-bond donors (Lipinski definition) is 0. The lowest BCUT2D eigenvalue weighted by Gasteiger charge is -2.29. The van der Waals surface area contributed by atoms with Gasteiger partial charge in [-0.15, -0.1) is 0 Å². The lowest BCUT2D eigenvalue weighted by molar-refractivity contribution is -0.147. The fourth-order valence-corrected chi connectivity index (χ4v) is 13.7. The first-order chi connectivity index (χ1) is 49.7. The van der Waals surface area contributed by atoms with Crippen molar-refractivity contribution >= 4 is 23.9 Å². The van der Waals surface area contributed by atoms with E-state index in [0.717, 1.165) is 144 Å². The van der Waals surface area contributed by atoms with E-state index in [9.17, 15) is 19.2 Å². The number of rotatable bonds is 48. The van der Waals surface area contributed by atoms with Crippen molar-refractivity contribution < 1.29 is 57.1 Å². The first-order valence-corrected chi connectivity index (χ1v) is 41.4. The maximum atomic E-state index is 14.1. The Morgan fingerprint density at radius 2 is 0.385 bits per heavy atom. The van der Waals surface area contributed by atoms with Crippen LogP contribution in [0.5, 0.6) is 23.0 Å². The molecule has 8 bridgehead atoms. The number of carbonyl (C=O) groups excluding carboxylic acids is 4. The van der Waals surface area contributed by atoms with Gasteiger partial charge in [-0.3, -0.25) is 0 Å². The Bertz CT molecular complexity index is 2660. The zero-order valence-corrected chi connectivity index (χ0v) is 68.6. The molecule has 0 unspecified atom stereocenters. The van der Waals surface area contributed by atoms with Crippen LogP contribution in [-0.4, -0.2) is 76.7 Å². The van der Waals surface area contributed by atoms with Crippen LogP contribution < -0.4 is 18.9 Å². The molecule has 0 amide bonds. The van der Waals surface area contributed by atoms with E-state index in [2.05, 4.69) is 159 Å². The first-order valence-electron chi connectivity index (χ1n) is 41.4. The molecule has 0 spiro atoms. The van der Waals surface area contributed by atoms with Crippen molar-refractivity contribution in [3.05, 3.63) is 115 Å². The van der Waals surface area contributed by atoms with Crippen LogP contribution in [0.15, 0.2) is 48.5 Å². The van der Waals surface area contributed by atoms with Crippen LogP contribution >= 0.6 is 0 Å². The Morgan fingerprint density at radius 1 is 0.240 bits per heavy atom. The van der Waals surface area contributed by atoms with Crippen molar-refractivity contribution in [2.24, 2.45) is 0 Å². The maximum absolute atomic E-state index is 14.1. The Hall–Kier alpha value is -6.04. The first kappa shape index (κ1) is 88.6. The molecule has 0 saturated heterocycles. The number of hydrogen-bond acceptors (Lipinski definition) is 12. The van der Waals surface area contributed by atoms with Crippen molar-refractivity contribution in [3.63, 3.8) is 0 Å². The molecule has 0 fully saturated rings. The van der Waals surface area contributed by atoms with Gasteiger partial charge in [0.25, 0.3) is 0 Å². The average Bonchev–Trinajstić information content (AvgIpc) is 0.763. The van der Waals surface area contributed by atoms with Gasteiger partial charge in [-0.1, -0.05) is 339 Å². The second-order valence-electron chi connectivity index (χ2n) is 34.1. The van der Waals surface area contributed by atoms with Gasteiger partial charge >= 0.3 is 23.9 Å². The normalized spacial score (nSPS) is 12.6. The third kappa shape index (κ3) is 33.0. The third-order valence-electron chi connectivity index (χ3n) is 20.3. The van der Waals surface area contributed by atoms with Crippen molar-refractivity contribution in [1.29, 1.82) is 0 Å². The van der Waals surface area contributed by atoms with Crippen LogP contribution in [0.2, 0.25) is 0 Å². The molecule has 104 heavy (non-hydrogen) atoms. The molecule has 0 aliphatic heterocycles. The van der Waals surface area contributed by atoms with Crippen molar-refractivity contribution in [1.82, 2.24) is 0 Å². The van der Waals surface area contributed by atoms with E-state index in [1.807, 2.05) is 0 Å². The molecule has 5 rings (SSSR count). The summed E-state index contributed by atoms with van der Waals surface area (Å²) in [6.45, 7) is 35.4. The van der Waals surface area contributed by atoms with E-state index >= 15 is 0 Å². The Kier molecular flexibility index (Phi) is 40.0. The molecule has 0 heterocycles. The highest BCUT2D eigenvalue weighted by Gasteiger charge is 2.31. The van der Waals surface area contributed by atoms with Crippen molar-refractivity contribution in [2.45, 2.75) is 364 Å². The van der Waals surface area contributed by atoms with E-state index < -0.39 is 23.9 Å². The van der Waals surface area contributed by atoms with E-state index in [4.69, 9.17) is 37.9 Å². The minimum absolute atomic E-state index is 0.280. The van der Waals surface area contributed by atoms with Gasteiger partial charge in [-0.25, -0.2) is 19.2 Å². The van der Waals surface area contributed by atoms with Gasteiger partial charge in [-0.2, -0.15) is 0 Å². The quantitative estimate of drug-likeness (QED) is 0.0208. The summed E-state index contributed by atoms with van der Waals surface area (Å²) in [7, 11) is 0. The van der Waals surface area contributed by atoms with Crippen LogP contribution in [0.3, 0.4) is 0 Å². The fraction of sp³-hybridized carbons (Fsp3) is 0.696. The molecule has 12 heteroatoms. The van der Waals surface area contributed by atoms with E-state index in [1.54, 1.807) is 0 Å². The lowest BCUT2D eigenvalue weighted by Crippen LogP contribution is -2.21. The summed E-state index contributed by atoms with van der Waals surface area (Å²) >= 11 is 0. The van der Waals surface area contributed by atoms with Gasteiger partial charge in [0.05, 0.1) is 26.4 Å². The molecule has 584 valence electrons. The predicted molar refractivity (Wildman–Crippen MR) is 428 cm³/mol. The highest BCUT2D eigenvalue weighted by Crippen LogP contribution is 2.45. The summed E-state index contributed by atoms with van der Waals surface area (Å²) in [6.07, 6.45) is 37.1. The van der Waals surface area contributed by atoms with Crippen LogP contribution in [0, 0.1) is 0 Å². The van der Waals surface area contributed by atoms with Gasteiger partial charge in [0.1, 0.15) is 23.0 Å². The molecule has 0 radical (unpaired) electrons. The Labute approximate surface area is 632 Å². The summed E-state index contributed by atoms with van der Waals surface area (Å²) in [5, 5.41) is 0. The second-order valence-corrected chi connectivity index (χ2v) is 34.1. The minimum atomic E-state index is -0.449. The van der Waals surface area contributed by atoms with Gasteiger partial charge in [-0.05, 0) is 114 Å². The van der Waals surface area contributed by atoms with E-state index in [-0.39, 0.29) is 73.8 Å². The molecule has 1 aliphatic carbocycles. The number of carbonyl (C=O) groups is 4. The Balaban J connectivity index is 1.78. The monoisotopic (exact) mass is 1440 g/mol. The van der Waals surface area contributed by atoms with Crippen molar-refractivity contribution in [2.75, 3.05) is 52.9 Å². The van der Waals surface area contributed by atoms with Crippen LogP contribution in [0.25, 0.3) is 0 Å². The van der Waals surface area contributed by atoms with Gasteiger partial charge in [0.15, 0.2) is 26.4 Å². The van der Waals surface area contributed by atoms with Crippen LogP contribution in [0.4, 0.5) is 0 Å². The SMILES string of the molecule is CCCCCCCCCCOC(=O)COc1c2cc(C(C)(C)C)cc1Cc1cc(C(C)(C)C)cc(c1OCC(=O)OCCCCCCCCCC)Cc1cc(C(C)(C)C)cc(c1OCC(=O)OCCCCCCCCCC)Cc1cc(C(C)(C)C)cc(c1OCC(=O)OCCCCCCCCCC)C2. The lowest BCUT2D eigenvalue weighted by atomic mass is 9.79. The molecule has 4 aromatic carbocycles. The van der Waals surface area contributed by atoms with E-state index in [0.29, 0.717) is 49.4 Å². The summed E-state index contributed by atoms with van der Waals surface area (Å²) in [4.78, 5) is 56.6. The predicted octanol–water partition coefficient (Wildman–Crippen LogP) is 23.8. The molecule has 0 atom stereocenters. The molecule has 0 aromatic heterocycles. The average molecular weight is 1440 g/mol. The maximum Gasteiger partial charge on any atom is 0.344 e. The number of unbranched alkanes of at least 4 members (excludes halogenated alkanes) is 28. The third-order valence-corrected chi connectivity index (χ3v) is 20.3. The van der Waals surface area contributed by atoms with Crippen molar-refractivity contribution in [3.8, 4) is 23.0 Å². The smallest absolute Gasteiger partial charge is 0.344 e. The zero-order chi connectivity index (χ0) is 76.0. The molecular weight excluding hydrogens is 1300 g/mol. The molecular formula is C92H144O12. The summed E-state index contributed by atoms with van der Waals surface area (Å²) < 4.78 is 52.0. The number of fused-ring (bicyclic) bond motifs is 8. The topological polar surface area (TPSA) is 142 Å². The van der Waals surface area contributed by atoms with Gasteiger partial charge in [0, 0.05) is 25.7 Å². The highest BCUT2D eigenvalue weighted by atomic mass is 16.6. The van der Waals surface area contributed by atoms with Crippen LogP contribution in [-0.2, 0) is 85.5 Å². The van der Waals surface area contributed by atoms with Crippen LogP contribution in [0.1, 0.15) is 383 Å². The summed E-state index contributed by atoms with van der Waals surface area (Å²) in [5.74, 6) is 0.357. The second kappa shape index (κ2) is 46.9. The Morgan fingerprint density at radius 3 is 0.529 bits per heavy atom. The van der Waals surface area contributed by atoms with Gasteiger partial charge in [0.2, 0.25) is 0 Å². The van der Waals surface area contributed by atoms with E-state index in [1.165, 1.54) is 128 Å². The molecule has 0 saturated carbocycles. The molecule has 12 nitrogen and oxygen atoms in total. The molecule has 1 aliphatic rings. The molecule has 4 aromatic rings. The highest BCUT2D eigenvalue weighted by molar-refractivity contribution is 5.73. The summed E-state index contributed by atoms with van der Waals surface area (Å²) in [5.41, 5.74) is 9.29. The number of benzene rings is 4. The molecule has 0 N–H and O–H groups in total. The van der Waals surface area contributed by atoms with Gasteiger partial charge < -0.3 is 37.9 Å². The largest absolute Gasteiger partial charge is 0.481 e. The standard InChI is InChI=1S/C92H144O12/c1-17-21-25-29-33-37-41-45-49-97-81(93)65-101-85-69-53-71-59-78(90(8,9)10)61-73(86(71)102-66-82(94)98-50-46-42-38-34-30-26-22-18-2)55-75-63-80(92(14,15)16)64-76(88(75)104-68-84(96)100-52-48-44-40-36-32-28-24-20-4)56-74-62-79(91(11,12)13)60-72(54-70(85)58-77(57-69)89(5,6)7)87(74)103-67-83(95)99-51-47-43-39-35-31-27-23-19-3/h57-64H,17-56,65-68H2,1-16H3. The minimum Gasteiger partial charge on any atom is -0.481 e.